The van der Waals surface area contributed by atoms with Crippen molar-refractivity contribution in [3.8, 4) is 11.5 Å². The zero-order valence-electron chi connectivity index (χ0n) is 23.9. The number of rotatable bonds is 13. The van der Waals surface area contributed by atoms with Crippen LogP contribution in [0.3, 0.4) is 0 Å². The summed E-state index contributed by atoms with van der Waals surface area (Å²) < 4.78 is 45.3. The first-order chi connectivity index (χ1) is 19.4. The molecular weight excluding hydrogens is 518 g/mol. The van der Waals surface area contributed by atoms with Crippen molar-refractivity contribution in [3.05, 3.63) is 12.1 Å². The van der Waals surface area contributed by atoms with Gasteiger partial charge in [0.05, 0.1) is 25.3 Å². The van der Waals surface area contributed by atoms with Gasteiger partial charge in [-0.05, 0) is 58.2 Å². The van der Waals surface area contributed by atoms with Gasteiger partial charge in [-0.3, -0.25) is 0 Å². The number of piperidine rings is 1. The first-order valence-electron chi connectivity index (χ1n) is 14.9. The summed E-state index contributed by atoms with van der Waals surface area (Å²) in [5.74, 6) is -0.280. The lowest BCUT2D eigenvalue weighted by molar-refractivity contribution is -0.0222. The minimum atomic E-state index is -2.64. The second-order valence-corrected chi connectivity index (χ2v) is 11.3. The average molecular weight is 563 g/mol. The molecule has 0 amide bonds. The molecule has 2 aromatic rings. The van der Waals surface area contributed by atoms with Gasteiger partial charge in [0, 0.05) is 69.7 Å². The normalized spacial score (nSPS) is 22.1. The molecule has 40 heavy (non-hydrogen) atoms. The fourth-order valence-corrected chi connectivity index (χ4v) is 5.71. The van der Waals surface area contributed by atoms with Crippen molar-refractivity contribution >= 4 is 22.7 Å². The van der Waals surface area contributed by atoms with Gasteiger partial charge in [0.15, 0.2) is 11.5 Å². The molecule has 0 bridgehead atoms. The van der Waals surface area contributed by atoms with E-state index in [1.54, 1.807) is 7.11 Å². The van der Waals surface area contributed by atoms with Gasteiger partial charge >= 0.3 is 0 Å². The Kier molecular flexibility index (Phi) is 9.75. The molecule has 4 heterocycles. The number of nitrogens with zero attached hydrogens (tertiary/aromatic N) is 4. The molecule has 1 unspecified atom stereocenters. The summed E-state index contributed by atoms with van der Waals surface area (Å²) in [5, 5.41) is 7.82. The predicted molar refractivity (Wildman–Crippen MR) is 153 cm³/mol. The maximum atomic E-state index is 13.9. The lowest BCUT2D eigenvalue weighted by atomic mass is 10.1. The van der Waals surface area contributed by atoms with Crippen molar-refractivity contribution in [3.63, 3.8) is 0 Å². The molecule has 3 fully saturated rings. The highest BCUT2D eigenvalue weighted by Crippen LogP contribution is 2.37. The second kappa shape index (κ2) is 13.4. The third-order valence-corrected chi connectivity index (χ3v) is 8.05. The van der Waals surface area contributed by atoms with Crippen LogP contribution in [0.5, 0.6) is 11.5 Å². The van der Waals surface area contributed by atoms with E-state index < -0.39 is 5.92 Å². The molecule has 0 aliphatic carbocycles. The van der Waals surface area contributed by atoms with E-state index in [1.165, 1.54) is 25.9 Å². The molecule has 0 saturated carbocycles. The number of benzene rings is 1. The number of likely N-dealkylation sites (tertiary alicyclic amines) is 1. The van der Waals surface area contributed by atoms with Crippen molar-refractivity contribution in [2.75, 3.05) is 76.4 Å². The third-order valence-electron chi connectivity index (χ3n) is 8.05. The molecule has 1 aromatic heterocycles. The van der Waals surface area contributed by atoms with Gasteiger partial charge in [0.25, 0.3) is 5.92 Å². The number of fused-ring (bicyclic) bond motifs is 1. The molecule has 3 aliphatic rings. The SMILES string of the molecule is COc1cc2c(N[C@@H](C)CNCC3CCCO3)nc(N3CCC(F)(F)CC3)nc2cc1OCCCN1CCCC1. The summed E-state index contributed by atoms with van der Waals surface area (Å²) in [5.41, 5.74) is 0.694. The molecular formula is C29H44F2N6O3. The topological polar surface area (TPSA) is 84.0 Å². The zero-order chi connectivity index (χ0) is 28.0. The Bertz CT molecular complexity index is 1100. The molecule has 5 rings (SSSR count). The fourth-order valence-electron chi connectivity index (χ4n) is 5.71. The number of alkyl halides is 2. The van der Waals surface area contributed by atoms with Gasteiger partial charge in [-0.25, -0.2) is 13.8 Å². The molecule has 2 N–H and O–H groups in total. The first kappa shape index (κ1) is 29.0. The van der Waals surface area contributed by atoms with Crippen LogP contribution in [-0.2, 0) is 4.74 Å². The third kappa shape index (κ3) is 7.61. The van der Waals surface area contributed by atoms with E-state index in [2.05, 4.69) is 22.5 Å². The number of hydrogen-bond donors (Lipinski definition) is 2. The van der Waals surface area contributed by atoms with Crippen LogP contribution < -0.4 is 25.0 Å². The number of hydrogen-bond acceptors (Lipinski definition) is 9. The largest absolute Gasteiger partial charge is 0.493 e. The van der Waals surface area contributed by atoms with Crippen molar-refractivity contribution in [2.45, 2.75) is 69.9 Å². The van der Waals surface area contributed by atoms with Crippen LogP contribution in [0.25, 0.3) is 10.9 Å². The smallest absolute Gasteiger partial charge is 0.251 e. The Morgan fingerprint density at radius 1 is 1.10 bits per heavy atom. The van der Waals surface area contributed by atoms with Gasteiger partial charge in [-0.2, -0.15) is 4.98 Å². The average Bonchev–Trinajstić information content (AvgIpc) is 3.65. The van der Waals surface area contributed by atoms with Crippen molar-refractivity contribution < 1.29 is 23.0 Å². The highest BCUT2D eigenvalue weighted by atomic mass is 19.3. The second-order valence-electron chi connectivity index (χ2n) is 11.3. The van der Waals surface area contributed by atoms with E-state index in [9.17, 15) is 8.78 Å². The van der Waals surface area contributed by atoms with Gasteiger partial charge < -0.3 is 34.6 Å². The molecule has 222 valence electrons. The van der Waals surface area contributed by atoms with E-state index in [1.807, 2.05) is 17.0 Å². The van der Waals surface area contributed by atoms with Crippen LogP contribution in [0.15, 0.2) is 12.1 Å². The summed E-state index contributed by atoms with van der Waals surface area (Å²) in [4.78, 5) is 14.0. The minimum Gasteiger partial charge on any atom is -0.493 e. The lowest BCUT2D eigenvalue weighted by Gasteiger charge is -2.32. The number of nitrogens with one attached hydrogen (secondary N) is 2. The van der Waals surface area contributed by atoms with E-state index in [-0.39, 0.29) is 38.1 Å². The van der Waals surface area contributed by atoms with Gasteiger partial charge in [0.1, 0.15) is 5.82 Å². The van der Waals surface area contributed by atoms with Crippen LogP contribution in [0, 0.1) is 0 Å². The maximum Gasteiger partial charge on any atom is 0.251 e. The summed E-state index contributed by atoms with van der Waals surface area (Å²) in [6, 6.07) is 3.86. The maximum absolute atomic E-state index is 13.9. The molecule has 3 aliphatic heterocycles. The number of anilines is 2. The molecule has 3 saturated heterocycles. The van der Waals surface area contributed by atoms with Crippen LogP contribution in [0.1, 0.15) is 51.9 Å². The van der Waals surface area contributed by atoms with Gasteiger partial charge in [-0.1, -0.05) is 0 Å². The van der Waals surface area contributed by atoms with Crippen LogP contribution in [0.4, 0.5) is 20.5 Å². The Balaban J connectivity index is 1.33. The van der Waals surface area contributed by atoms with Crippen molar-refractivity contribution in [2.24, 2.45) is 0 Å². The van der Waals surface area contributed by atoms with Crippen LogP contribution in [0.2, 0.25) is 0 Å². The summed E-state index contributed by atoms with van der Waals surface area (Å²) in [6.45, 7) is 8.83. The number of halogens is 2. The Labute approximate surface area is 235 Å². The first-order valence-corrected chi connectivity index (χ1v) is 14.9. The fraction of sp³-hybridized carbons (Fsp3) is 0.724. The Morgan fingerprint density at radius 2 is 1.90 bits per heavy atom. The molecule has 9 nitrogen and oxygen atoms in total. The summed E-state index contributed by atoms with van der Waals surface area (Å²) in [7, 11) is 1.63. The monoisotopic (exact) mass is 562 g/mol. The van der Waals surface area contributed by atoms with Gasteiger partial charge in [0.2, 0.25) is 5.95 Å². The number of methoxy groups -OCH3 is 1. The minimum absolute atomic E-state index is 0.0607. The zero-order valence-corrected chi connectivity index (χ0v) is 23.9. The molecule has 2 atom stereocenters. The van der Waals surface area contributed by atoms with E-state index in [0.717, 1.165) is 50.9 Å². The molecule has 11 heteroatoms. The van der Waals surface area contributed by atoms with E-state index >= 15 is 0 Å². The summed E-state index contributed by atoms with van der Waals surface area (Å²) >= 11 is 0. The lowest BCUT2D eigenvalue weighted by Crippen LogP contribution is -2.40. The quantitative estimate of drug-likeness (QED) is 0.347. The molecule has 1 aromatic carbocycles. The van der Waals surface area contributed by atoms with E-state index in [4.69, 9.17) is 24.2 Å². The number of aromatic nitrogens is 2. The van der Waals surface area contributed by atoms with Crippen LogP contribution in [-0.4, -0.2) is 99.1 Å². The number of ether oxygens (including phenoxy) is 3. The molecule has 0 radical (unpaired) electrons. The van der Waals surface area contributed by atoms with Gasteiger partial charge in [-0.15, -0.1) is 0 Å². The predicted octanol–water partition coefficient (Wildman–Crippen LogP) is 4.31. The standard InChI is InChI=1S/C29H44F2N6O3/c1-21(19-32-20-22-7-5-15-39-22)33-27-23-17-25(38-2)26(40-16-6-12-36-10-3-4-11-36)18-24(23)34-28(35-27)37-13-8-29(30,31)9-14-37/h17-18,21-22,32H,3-16,19-20H2,1-2H3,(H,33,34,35)/t21-,22?/m0/s1. The summed E-state index contributed by atoms with van der Waals surface area (Å²) in [6.07, 6.45) is 5.56. The van der Waals surface area contributed by atoms with Crippen LogP contribution >= 0.6 is 0 Å². The Morgan fingerprint density at radius 3 is 2.62 bits per heavy atom. The highest BCUT2D eigenvalue weighted by molar-refractivity contribution is 5.93. The van der Waals surface area contributed by atoms with Crippen molar-refractivity contribution in [1.82, 2.24) is 20.2 Å². The van der Waals surface area contributed by atoms with E-state index in [0.29, 0.717) is 35.4 Å². The molecule has 0 spiro atoms. The van der Waals surface area contributed by atoms with Crippen molar-refractivity contribution in [1.29, 1.82) is 0 Å². The Hall–Kier alpha value is -2.50. The highest BCUT2D eigenvalue weighted by Gasteiger charge is 2.35.